The van der Waals surface area contributed by atoms with Gasteiger partial charge in [-0.05, 0) is 56.9 Å². The maximum Gasteiger partial charge on any atom is 0.408 e. The molecule has 35 heavy (non-hydrogen) atoms. The summed E-state index contributed by atoms with van der Waals surface area (Å²) in [5, 5.41) is 12.5. The normalized spacial score (nSPS) is 22.7. The summed E-state index contributed by atoms with van der Waals surface area (Å²) in [6, 6.07) is 7.80. The summed E-state index contributed by atoms with van der Waals surface area (Å²) in [4.78, 5) is 13.2. The first-order chi connectivity index (χ1) is 16.9. The van der Waals surface area contributed by atoms with Crippen LogP contribution in [0.25, 0.3) is 0 Å². The molecule has 5 heterocycles. The molecule has 0 aliphatic carbocycles. The molecule has 2 atom stereocenters. The Hall–Kier alpha value is -2.82. The molecule has 2 fully saturated rings. The van der Waals surface area contributed by atoms with Crippen LogP contribution in [0.5, 0.6) is 0 Å². The van der Waals surface area contributed by atoms with Crippen LogP contribution >= 0.6 is 11.9 Å². The second-order valence-corrected chi connectivity index (χ2v) is 9.52. The van der Waals surface area contributed by atoms with Crippen molar-refractivity contribution in [2.24, 2.45) is 9.55 Å². The van der Waals surface area contributed by atoms with Gasteiger partial charge in [0.2, 0.25) is 0 Å². The van der Waals surface area contributed by atoms with Crippen molar-refractivity contribution in [3.05, 3.63) is 42.7 Å². The van der Waals surface area contributed by atoms with Gasteiger partial charge in [-0.3, -0.25) is 0 Å². The highest BCUT2D eigenvalue weighted by Crippen LogP contribution is 2.37. The number of alkyl halides is 3. The van der Waals surface area contributed by atoms with E-state index in [1.165, 1.54) is 42.3 Å². The van der Waals surface area contributed by atoms with Crippen LogP contribution in [0.1, 0.15) is 45.4 Å². The molecule has 0 aromatic carbocycles. The monoisotopic (exact) mass is 506 g/mol. The van der Waals surface area contributed by atoms with Crippen molar-refractivity contribution in [2.45, 2.75) is 68.6 Å². The largest absolute Gasteiger partial charge is 0.411 e. The molecule has 0 bridgehead atoms. The predicted molar refractivity (Wildman–Crippen MR) is 133 cm³/mol. The predicted octanol–water partition coefficient (Wildman–Crippen LogP) is 5.76. The molecule has 3 aliphatic heterocycles. The fourth-order valence-corrected chi connectivity index (χ4v) is 5.58. The molecule has 0 radical (unpaired) electrons. The van der Waals surface area contributed by atoms with E-state index in [0.29, 0.717) is 24.5 Å². The van der Waals surface area contributed by atoms with Crippen molar-refractivity contribution in [2.75, 3.05) is 22.9 Å². The van der Waals surface area contributed by atoms with Crippen molar-refractivity contribution in [3.8, 4) is 0 Å². The third-order valence-corrected chi connectivity index (χ3v) is 7.23. The average molecular weight is 507 g/mol. The van der Waals surface area contributed by atoms with Gasteiger partial charge in [0.25, 0.3) is 0 Å². The van der Waals surface area contributed by atoms with E-state index in [9.17, 15) is 13.2 Å². The Morgan fingerprint density at radius 2 is 1.80 bits per heavy atom. The molecule has 0 spiro atoms. The summed E-state index contributed by atoms with van der Waals surface area (Å²) in [7, 11) is 0. The molecule has 11 heteroatoms. The third-order valence-electron chi connectivity index (χ3n) is 6.43. The van der Waals surface area contributed by atoms with Gasteiger partial charge < -0.3 is 15.0 Å². The number of hydrogen-bond acceptors (Lipinski definition) is 8. The van der Waals surface area contributed by atoms with Crippen molar-refractivity contribution in [1.82, 2.24) is 9.97 Å². The number of rotatable bonds is 2. The molecule has 2 unspecified atom stereocenters. The SMILES string of the molecule is C/C(=N/O)C1=NSc2cccnc2N2CCCCCC12.FC(F)(F)C1CCCN1c1ccccn1. The Morgan fingerprint density at radius 1 is 1.00 bits per heavy atom. The molecule has 5 rings (SSSR count). The smallest absolute Gasteiger partial charge is 0.408 e. The van der Waals surface area contributed by atoms with Crippen LogP contribution in [-0.4, -0.2) is 57.9 Å². The van der Waals surface area contributed by atoms with Gasteiger partial charge in [0, 0.05) is 37.4 Å². The van der Waals surface area contributed by atoms with Gasteiger partial charge in [-0.25, -0.2) is 14.4 Å². The highest BCUT2D eigenvalue weighted by atomic mass is 32.2. The summed E-state index contributed by atoms with van der Waals surface area (Å²) in [5.41, 5.74) is 1.47. The summed E-state index contributed by atoms with van der Waals surface area (Å²) in [6.07, 6.45) is 4.52. The van der Waals surface area contributed by atoms with Crippen molar-refractivity contribution in [1.29, 1.82) is 0 Å². The van der Waals surface area contributed by atoms with Crippen LogP contribution in [0.2, 0.25) is 0 Å². The van der Waals surface area contributed by atoms with Gasteiger partial charge >= 0.3 is 6.18 Å². The standard InChI is InChI=1S/C14H18N4OS.C10H11F3N2/c1-10(16-19)13-11-6-3-2-4-9-18(11)14-12(20-17-13)7-5-8-15-14;11-10(12,13)8-4-3-7-15(8)9-5-1-2-6-14-9/h5,7-8,11,19H,2-4,6,9H2,1H3;1-2,5-6,8H,3-4,7H2/b16-10-;. The maximum atomic E-state index is 12.6. The van der Waals surface area contributed by atoms with E-state index >= 15 is 0 Å². The van der Waals surface area contributed by atoms with Crippen LogP contribution in [0.4, 0.5) is 24.8 Å². The van der Waals surface area contributed by atoms with Gasteiger partial charge in [-0.1, -0.05) is 24.1 Å². The van der Waals surface area contributed by atoms with E-state index in [-0.39, 0.29) is 12.5 Å². The summed E-state index contributed by atoms with van der Waals surface area (Å²) < 4.78 is 42.5. The second kappa shape index (κ2) is 11.3. The molecule has 2 aromatic rings. The number of halogens is 3. The molecular formula is C24H29F3N6OS. The summed E-state index contributed by atoms with van der Waals surface area (Å²) in [6.45, 7) is 3.22. The number of fused-ring (bicyclic) bond motifs is 3. The Balaban J connectivity index is 0.000000172. The zero-order chi connectivity index (χ0) is 24.8. The molecule has 2 saturated heterocycles. The average Bonchev–Trinajstić information content (AvgIpc) is 3.18. The van der Waals surface area contributed by atoms with Gasteiger partial charge in [-0.15, -0.1) is 0 Å². The van der Waals surface area contributed by atoms with Crippen molar-refractivity contribution < 1.29 is 18.4 Å². The fraction of sp³-hybridized carbons (Fsp3) is 0.500. The zero-order valence-corrected chi connectivity index (χ0v) is 20.3. The molecule has 0 amide bonds. The molecule has 2 aromatic heterocycles. The maximum absolute atomic E-state index is 12.6. The van der Waals surface area contributed by atoms with E-state index in [4.69, 9.17) is 5.21 Å². The van der Waals surface area contributed by atoms with E-state index in [2.05, 4.69) is 24.4 Å². The van der Waals surface area contributed by atoms with E-state index in [1.54, 1.807) is 18.2 Å². The van der Waals surface area contributed by atoms with Gasteiger partial charge in [0.1, 0.15) is 23.4 Å². The Labute approximate surface area is 207 Å². The summed E-state index contributed by atoms with van der Waals surface area (Å²) >= 11 is 1.43. The van der Waals surface area contributed by atoms with Crippen LogP contribution in [0, 0.1) is 0 Å². The highest BCUT2D eigenvalue weighted by molar-refractivity contribution is 7.98. The molecule has 7 nitrogen and oxygen atoms in total. The molecular weight excluding hydrogens is 477 g/mol. The molecule has 1 N–H and O–H groups in total. The van der Waals surface area contributed by atoms with Gasteiger partial charge in [0.15, 0.2) is 0 Å². The molecule has 188 valence electrons. The highest BCUT2D eigenvalue weighted by Gasteiger charge is 2.46. The number of nitrogens with zero attached hydrogens (tertiary/aromatic N) is 6. The van der Waals surface area contributed by atoms with Crippen LogP contribution in [0.3, 0.4) is 0 Å². The van der Waals surface area contributed by atoms with Gasteiger partial charge in [-0.2, -0.15) is 13.2 Å². The topological polar surface area (TPSA) is 77.2 Å². The minimum atomic E-state index is -4.16. The number of pyridine rings is 2. The lowest BCUT2D eigenvalue weighted by Crippen LogP contribution is -2.43. The molecule has 3 aliphatic rings. The van der Waals surface area contributed by atoms with Crippen LogP contribution < -0.4 is 9.80 Å². The Bertz CT molecular complexity index is 1050. The van der Waals surface area contributed by atoms with E-state index < -0.39 is 12.2 Å². The van der Waals surface area contributed by atoms with Gasteiger partial charge in [0.05, 0.1) is 16.6 Å². The van der Waals surface area contributed by atoms with E-state index in [1.807, 2.05) is 25.3 Å². The Kier molecular flexibility index (Phi) is 8.15. The lowest BCUT2D eigenvalue weighted by molar-refractivity contribution is -0.146. The zero-order valence-electron chi connectivity index (χ0n) is 19.5. The van der Waals surface area contributed by atoms with Crippen LogP contribution in [0.15, 0.2) is 57.2 Å². The fourth-order valence-electron chi connectivity index (χ4n) is 4.74. The third kappa shape index (κ3) is 5.88. The van der Waals surface area contributed by atoms with E-state index in [0.717, 1.165) is 29.4 Å². The number of aromatic nitrogens is 2. The first-order valence-corrected chi connectivity index (χ1v) is 12.6. The quantitative estimate of drug-likeness (QED) is 0.242. The summed E-state index contributed by atoms with van der Waals surface area (Å²) in [5.74, 6) is 1.42. The first-order valence-electron chi connectivity index (χ1n) is 11.8. The lowest BCUT2D eigenvalue weighted by Gasteiger charge is -2.30. The van der Waals surface area contributed by atoms with Crippen molar-refractivity contribution in [3.63, 3.8) is 0 Å². The Morgan fingerprint density at radius 3 is 2.54 bits per heavy atom. The van der Waals surface area contributed by atoms with Crippen LogP contribution in [-0.2, 0) is 0 Å². The second-order valence-electron chi connectivity index (χ2n) is 8.72. The molecule has 0 saturated carbocycles. The minimum Gasteiger partial charge on any atom is -0.411 e. The lowest BCUT2D eigenvalue weighted by atomic mass is 10.0. The minimum absolute atomic E-state index is 0.164. The number of hydrogen-bond donors (Lipinski definition) is 1. The van der Waals surface area contributed by atoms with Crippen molar-refractivity contribution >= 4 is 35.0 Å². The number of oxime groups is 1. The number of anilines is 2. The first kappa shape index (κ1) is 25.3.